The van der Waals surface area contributed by atoms with Crippen molar-refractivity contribution < 1.29 is 14.3 Å². The lowest BCUT2D eigenvalue weighted by Gasteiger charge is -2.32. The van der Waals surface area contributed by atoms with Crippen molar-refractivity contribution in [2.75, 3.05) is 39.9 Å². The smallest absolute Gasteiger partial charge is 0.251 e. The van der Waals surface area contributed by atoms with E-state index in [2.05, 4.69) is 40.5 Å². The topological polar surface area (TPSA) is 50.8 Å². The second kappa shape index (κ2) is 11.2. The highest BCUT2D eigenvalue weighted by atomic mass is 35.5. The molecule has 1 fully saturated rings. The molecule has 0 spiro atoms. The van der Waals surface area contributed by atoms with E-state index in [0.29, 0.717) is 29.5 Å². The van der Waals surface area contributed by atoms with Gasteiger partial charge in [0.05, 0.1) is 11.6 Å². The number of halogens is 1. The summed E-state index contributed by atoms with van der Waals surface area (Å²) < 4.78 is 11.1. The molecule has 1 saturated heterocycles. The van der Waals surface area contributed by atoms with Crippen LogP contribution in [-0.4, -0.2) is 56.8 Å². The number of hydrogen-bond acceptors (Lipinski definition) is 4. The first kappa shape index (κ1) is 21.6. The molecule has 0 atom stereocenters. The summed E-state index contributed by atoms with van der Waals surface area (Å²) in [5.74, 6) is 0.477. The fourth-order valence-corrected chi connectivity index (χ4v) is 3.69. The van der Waals surface area contributed by atoms with Crippen molar-refractivity contribution in [3.63, 3.8) is 0 Å². The number of likely N-dealkylation sites (tertiary alicyclic amines) is 1. The molecule has 1 N–H and O–H groups in total. The average molecular weight is 417 g/mol. The number of nitrogens with zero attached hydrogens (tertiary/aromatic N) is 1. The number of ether oxygens (including phenoxy) is 2. The quantitative estimate of drug-likeness (QED) is 0.631. The predicted octanol–water partition coefficient (Wildman–Crippen LogP) is 3.80. The maximum absolute atomic E-state index is 12.1. The monoisotopic (exact) mass is 416 g/mol. The van der Waals surface area contributed by atoms with Crippen LogP contribution in [0.1, 0.15) is 28.8 Å². The van der Waals surface area contributed by atoms with E-state index in [0.717, 1.165) is 38.9 Å². The number of benzene rings is 2. The first-order valence-electron chi connectivity index (χ1n) is 10.2. The third-order valence-corrected chi connectivity index (χ3v) is 5.47. The molecule has 0 radical (unpaired) electrons. The van der Waals surface area contributed by atoms with E-state index < -0.39 is 0 Å². The van der Waals surface area contributed by atoms with Gasteiger partial charge in [-0.2, -0.15) is 0 Å². The molecule has 3 rings (SSSR count). The second-order valence-corrected chi connectivity index (χ2v) is 7.70. The molecule has 156 valence electrons. The molecule has 0 aromatic heterocycles. The Balaban J connectivity index is 1.44. The summed E-state index contributed by atoms with van der Waals surface area (Å²) in [6, 6.07) is 15.8. The van der Waals surface area contributed by atoms with Crippen molar-refractivity contribution in [3.8, 4) is 5.75 Å². The molecule has 6 heteroatoms. The standard InChI is InChI=1S/C23H29ClN2O3/c1-28-16-12-25-23(27)19-7-8-22(21(24)17-19)29-20-10-14-26(15-11-20)13-9-18-5-3-2-4-6-18/h2-8,17,20H,9-16H2,1H3,(H,25,27). The number of carbonyl (C=O) groups excluding carboxylic acids is 1. The Morgan fingerprint density at radius 2 is 1.93 bits per heavy atom. The van der Waals surface area contributed by atoms with Crippen LogP contribution in [0.15, 0.2) is 48.5 Å². The highest BCUT2D eigenvalue weighted by Crippen LogP contribution is 2.28. The van der Waals surface area contributed by atoms with Crippen molar-refractivity contribution in [2.45, 2.75) is 25.4 Å². The van der Waals surface area contributed by atoms with Crippen LogP contribution < -0.4 is 10.1 Å². The number of carbonyl (C=O) groups is 1. The number of amides is 1. The molecule has 2 aromatic carbocycles. The van der Waals surface area contributed by atoms with Crippen LogP contribution in [-0.2, 0) is 11.2 Å². The Labute approximate surface area is 177 Å². The molecule has 1 amide bonds. The number of hydrogen-bond donors (Lipinski definition) is 1. The van der Waals surface area contributed by atoms with E-state index in [1.54, 1.807) is 25.3 Å². The lowest BCUT2D eigenvalue weighted by molar-refractivity contribution is 0.0936. The van der Waals surface area contributed by atoms with Gasteiger partial charge in [0.2, 0.25) is 0 Å². The van der Waals surface area contributed by atoms with E-state index in [4.69, 9.17) is 21.1 Å². The van der Waals surface area contributed by atoms with Gasteiger partial charge in [-0.25, -0.2) is 0 Å². The van der Waals surface area contributed by atoms with Crippen LogP contribution in [0.2, 0.25) is 5.02 Å². The van der Waals surface area contributed by atoms with E-state index in [-0.39, 0.29) is 12.0 Å². The molecule has 0 aliphatic carbocycles. The van der Waals surface area contributed by atoms with Crippen molar-refractivity contribution >= 4 is 17.5 Å². The van der Waals surface area contributed by atoms with Crippen molar-refractivity contribution in [1.82, 2.24) is 10.2 Å². The Kier molecular flexibility index (Phi) is 8.35. The van der Waals surface area contributed by atoms with Crippen LogP contribution in [0.4, 0.5) is 0 Å². The largest absolute Gasteiger partial charge is 0.489 e. The summed E-state index contributed by atoms with van der Waals surface area (Å²) in [4.78, 5) is 14.6. The average Bonchev–Trinajstić information content (AvgIpc) is 2.75. The molecule has 1 aliphatic heterocycles. The molecule has 2 aromatic rings. The number of nitrogens with one attached hydrogen (secondary N) is 1. The van der Waals surface area contributed by atoms with E-state index in [1.165, 1.54) is 5.56 Å². The van der Waals surface area contributed by atoms with Gasteiger partial charge in [-0.3, -0.25) is 4.79 Å². The molecule has 1 heterocycles. The van der Waals surface area contributed by atoms with Crippen molar-refractivity contribution in [2.24, 2.45) is 0 Å². The van der Waals surface area contributed by atoms with Crippen LogP contribution in [0.3, 0.4) is 0 Å². The highest BCUT2D eigenvalue weighted by molar-refractivity contribution is 6.32. The Hall–Kier alpha value is -2.08. The van der Waals surface area contributed by atoms with Crippen LogP contribution in [0.25, 0.3) is 0 Å². The maximum Gasteiger partial charge on any atom is 0.251 e. The summed E-state index contributed by atoms with van der Waals surface area (Å²) in [7, 11) is 1.60. The van der Waals surface area contributed by atoms with Gasteiger partial charge >= 0.3 is 0 Å². The van der Waals surface area contributed by atoms with Gasteiger partial charge in [-0.1, -0.05) is 41.9 Å². The molecular formula is C23H29ClN2O3. The first-order valence-corrected chi connectivity index (χ1v) is 10.5. The molecule has 5 nitrogen and oxygen atoms in total. The number of methoxy groups -OCH3 is 1. The lowest BCUT2D eigenvalue weighted by atomic mass is 10.1. The fourth-order valence-electron chi connectivity index (χ4n) is 3.47. The molecule has 0 saturated carbocycles. The van der Waals surface area contributed by atoms with E-state index >= 15 is 0 Å². The zero-order valence-corrected chi connectivity index (χ0v) is 17.7. The second-order valence-electron chi connectivity index (χ2n) is 7.29. The van der Waals surface area contributed by atoms with Crippen molar-refractivity contribution in [3.05, 3.63) is 64.7 Å². The lowest BCUT2D eigenvalue weighted by Crippen LogP contribution is -2.39. The predicted molar refractivity (Wildman–Crippen MR) is 116 cm³/mol. The molecular weight excluding hydrogens is 388 g/mol. The Morgan fingerprint density at radius 3 is 2.62 bits per heavy atom. The normalized spacial score (nSPS) is 15.2. The number of rotatable bonds is 9. The first-order chi connectivity index (χ1) is 14.2. The minimum atomic E-state index is -0.165. The van der Waals surface area contributed by atoms with Crippen LogP contribution in [0.5, 0.6) is 5.75 Å². The van der Waals surface area contributed by atoms with Gasteiger partial charge in [0.1, 0.15) is 11.9 Å². The van der Waals surface area contributed by atoms with Gasteiger partial charge < -0.3 is 19.7 Å². The molecule has 0 bridgehead atoms. The summed E-state index contributed by atoms with van der Waals surface area (Å²) in [5.41, 5.74) is 1.90. The summed E-state index contributed by atoms with van der Waals surface area (Å²) >= 11 is 6.36. The van der Waals surface area contributed by atoms with Gasteiger partial charge in [0.15, 0.2) is 0 Å². The van der Waals surface area contributed by atoms with Crippen LogP contribution in [0, 0.1) is 0 Å². The molecule has 29 heavy (non-hydrogen) atoms. The minimum Gasteiger partial charge on any atom is -0.489 e. The summed E-state index contributed by atoms with van der Waals surface area (Å²) in [6.45, 7) is 4.06. The van der Waals surface area contributed by atoms with Gasteiger partial charge in [0.25, 0.3) is 5.91 Å². The highest BCUT2D eigenvalue weighted by Gasteiger charge is 2.21. The summed E-state index contributed by atoms with van der Waals surface area (Å²) in [5, 5.41) is 3.26. The maximum atomic E-state index is 12.1. The van der Waals surface area contributed by atoms with Gasteiger partial charge in [0, 0.05) is 38.9 Å². The third kappa shape index (κ3) is 6.74. The minimum absolute atomic E-state index is 0.154. The Morgan fingerprint density at radius 1 is 1.17 bits per heavy atom. The number of piperidine rings is 1. The zero-order chi connectivity index (χ0) is 20.5. The molecule has 0 unspecified atom stereocenters. The van der Waals surface area contributed by atoms with Gasteiger partial charge in [-0.15, -0.1) is 0 Å². The van der Waals surface area contributed by atoms with E-state index in [1.807, 2.05) is 0 Å². The Bertz CT molecular complexity index is 777. The van der Waals surface area contributed by atoms with Crippen molar-refractivity contribution in [1.29, 1.82) is 0 Å². The van der Waals surface area contributed by atoms with Gasteiger partial charge in [-0.05, 0) is 43.0 Å². The fraction of sp³-hybridized carbons (Fsp3) is 0.435. The third-order valence-electron chi connectivity index (χ3n) is 5.17. The molecule has 1 aliphatic rings. The zero-order valence-electron chi connectivity index (χ0n) is 16.9. The summed E-state index contributed by atoms with van der Waals surface area (Å²) in [6.07, 6.45) is 3.18. The van der Waals surface area contributed by atoms with Crippen LogP contribution >= 0.6 is 11.6 Å². The van der Waals surface area contributed by atoms with E-state index in [9.17, 15) is 4.79 Å². The SMILES string of the molecule is COCCNC(=O)c1ccc(OC2CCN(CCc3ccccc3)CC2)c(Cl)c1.